The number of amides is 1. The number of anilines is 1. The number of aliphatic hydroxyl groups excluding tert-OH is 1. The van der Waals surface area contributed by atoms with E-state index in [1.165, 1.54) is 12.1 Å². The summed E-state index contributed by atoms with van der Waals surface area (Å²) in [5, 5.41) is 12.8. The number of carbonyl (C=O) groups is 1. The summed E-state index contributed by atoms with van der Waals surface area (Å²) in [5.74, 6) is 0.427. The number of halogens is 1. The van der Waals surface area contributed by atoms with Crippen LogP contribution in [0.4, 0.5) is 10.1 Å². The third-order valence-electron chi connectivity index (χ3n) is 6.57. The zero-order valence-electron chi connectivity index (χ0n) is 18.4. The molecule has 0 bridgehead atoms. The first-order chi connectivity index (χ1) is 16.3. The third kappa shape index (κ3) is 4.89. The van der Waals surface area contributed by atoms with E-state index in [9.17, 15) is 22.7 Å². The number of ether oxygens (including phenoxy) is 2. The lowest BCUT2D eigenvalue weighted by atomic mass is 9.84. The number of hydrogen-bond acceptors (Lipinski definition) is 6. The molecular formula is C24H27FN2O6S. The summed E-state index contributed by atoms with van der Waals surface area (Å²) in [6.07, 6.45) is 1.61. The van der Waals surface area contributed by atoms with Gasteiger partial charge in [-0.15, -0.1) is 0 Å². The zero-order valence-corrected chi connectivity index (χ0v) is 19.3. The van der Waals surface area contributed by atoms with Crippen molar-refractivity contribution in [1.82, 2.24) is 5.32 Å². The van der Waals surface area contributed by atoms with Gasteiger partial charge in [-0.25, -0.2) is 12.8 Å². The van der Waals surface area contributed by atoms with Crippen LogP contribution in [0.1, 0.15) is 37.2 Å². The number of aliphatic hydroxyl groups is 1. The van der Waals surface area contributed by atoms with Crippen molar-refractivity contribution in [2.24, 2.45) is 5.92 Å². The van der Waals surface area contributed by atoms with Crippen molar-refractivity contribution in [2.75, 3.05) is 17.9 Å². The molecule has 5 rings (SSSR count). The average molecular weight is 491 g/mol. The number of carbonyl (C=O) groups excluding carboxylic acids is 1. The Balaban J connectivity index is 1.32. The molecule has 0 unspecified atom stereocenters. The predicted molar refractivity (Wildman–Crippen MR) is 122 cm³/mol. The Morgan fingerprint density at radius 3 is 2.62 bits per heavy atom. The minimum Gasteiger partial charge on any atom is -0.487 e. The quantitative estimate of drug-likeness (QED) is 0.524. The van der Waals surface area contributed by atoms with E-state index < -0.39 is 28.0 Å². The van der Waals surface area contributed by atoms with E-state index in [1.807, 2.05) is 0 Å². The molecule has 1 amide bonds. The van der Waals surface area contributed by atoms with E-state index in [-0.39, 0.29) is 35.9 Å². The molecule has 2 aromatic rings. The van der Waals surface area contributed by atoms with E-state index in [0.29, 0.717) is 30.3 Å². The normalized spacial score (nSPS) is 25.7. The van der Waals surface area contributed by atoms with Crippen LogP contribution < -0.4 is 14.8 Å². The molecule has 2 aromatic carbocycles. The van der Waals surface area contributed by atoms with Gasteiger partial charge >= 0.3 is 0 Å². The molecule has 10 heteroatoms. The van der Waals surface area contributed by atoms with Crippen LogP contribution in [-0.2, 0) is 19.6 Å². The first kappa shape index (κ1) is 23.1. The van der Waals surface area contributed by atoms with Crippen LogP contribution in [-0.4, -0.2) is 50.9 Å². The fourth-order valence-corrected chi connectivity index (χ4v) is 5.69. The lowest BCUT2D eigenvalue weighted by Gasteiger charge is -2.37. The van der Waals surface area contributed by atoms with Crippen LogP contribution in [0.2, 0.25) is 0 Å². The Hall–Kier alpha value is -2.69. The van der Waals surface area contributed by atoms with Gasteiger partial charge in [-0.3, -0.25) is 9.52 Å². The molecule has 1 aliphatic carbocycles. The van der Waals surface area contributed by atoms with Crippen molar-refractivity contribution in [1.29, 1.82) is 0 Å². The summed E-state index contributed by atoms with van der Waals surface area (Å²) in [5.41, 5.74) is 1.15. The molecule has 2 fully saturated rings. The van der Waals surface area contributed by atoms with E-state index in [2.05, 4.69) is 10.0 Å². The molecule has 0 radical (unpaired) electrons. The van der Waals surface area contributed by atoms with Gasteiger partial charge in [0.15, 0.2) is 0 Å². The smallest absolute Gasteiger partial charge is 0.261 e. The van der Waals surface area contributed by atoms with E-state index in [4.69, 9.17) is 9.47 Å². The SMILES string of the molecule is O=C(C[C@@H]1C[C@@H]2c3cc(NS(=O)(=O)c4ccc(F)cc4)ccc3O[C@@H]2[C@H](CO)O1)NCC1CC1. The lowest BCUT2D eigenvalue weighted by Crippen LogP contribution is -2.47. The lowest BCUT2D eigenvalue weighted by molar-refractivity contribution is -0.142. The third-order valence-corrected chi connectivity index (χ3v) is 7.97. The molecule has 3 aliphatic rings. The minimum absolute atomic E-state index is 0.0489. The number of nitrogens with one attached hydrogen (secondary N) is 2. The molecule has 4 atom stereocenters. The van der Waals surface area contributed by atoms with Gasteiger partial charge in [0, 0.05) is 23.7 Å². The molecule has 2 aliphatic heterocycles. The highest BCUT2D eigenvalue weighted by Gasteiger charge is 2.46. The Bertz CT molecular complexity index is 1170. The van der Waals surface area contributed by atoms with Crippen molar-refractivity contribution in [2.45, 2.75) is 54.8 Å². The van der Waals surface area contributed by atoms with Crippen LogP contribution in [0.5, 0.6) is 5.75 Å². The number of benzene rings is 2. The van der Waals surface area contributed by atoms with Gasteiger partial charge < -0.3 is 19.9 Å². The highest BCUT2D eigenvalue weighted by molar-refractivity contribution is 7.92. The molecule has 0 aromatic heterocycles. The Labute approximate surface area is 197 Å². The van der Waals surface area contributed by atoms with Gasteiger partial charge in [0.1, 0.15) is 23.8 Å². The Morgan fingerprint density at radius 2 is 1.91 bits per heavy atom. The van der Waals surface area contributed by atoms with Crippen LogP contribution in [0.25, 0.3) is 0 Å². The van der Waals surface area contributed by atoms with Crippen molar-refractivity contribution >= 4 is 21.6 Å². The average Bonchev–Trinajstić information content (AvgIpc) is 3.57. The zero-order chi connectivity index (χ0) is 23.9. The van der Waals surface area contributed by atoms with Crippen LogP contribution >= 0.6 is 0 Å². The van der Waals surface area contributed by atoms with Crippen molar-refractivity contribution < 1.29 is 32.2 Å². The summed E-state index contributed by atoms with van der Waals surface area (Å²) in [4.78, 5) is 12.3. The molecule has 0 spiro atoms. The standard InChI is InChI=1S/C24H27FN2O6S/c25-15-3-6-18(7-4-15)34(30,31)27-16-5-8-21-19(9-16)20-10-17(32-22(13-28)24(20)33-21)11-23(29)26-12-14-1-2-14/h3-9,14,17,20,22,24,27-28H,1-2,10-13H2,(H,26,29)/t17-,20+,22-,24-/m0/s1. The van der Waals surface area contributed by atoms with E-state index in [0.717, 1.165) is 30.5 Å². The predicted octanol–water partition coefficient (Wildman–Crippen LogP) is 2.54. The van der Waals surface area contributed by atoms with Crippen molar-refractivity contribution in [3.63, 3.8) is 0 Å². The second-order valence-electron chi connectivity index (χ2n) is 9.17. The summed E-state index contributed by atoms with van der Waals surface area (Å²) >= 11 is 0. The monoisotopic (exact) mass is 490 g/mol. The Kier molecular flexibility index (Phi) is 6.22. The number of rotatable bonds is 8. The second-order valence-corrected chi connectivity index (χ2v) is 10.8. The molecule has 182 valence electrons. The molecular weight excluding hydrogens is 463 g/mol. The van der Waals surface area contributed by atoms with E-state index >= 15 is 0 Å². The maximum Gasteiger partial charge on any atom is 0.261 e. The maximum atomic E-state index is 13.2. The molecule has 3 N–H and O–H groups in total. The molecule has 8 nitrogen and oxygen atoms in total. The summed E-state index contributed by atoms with van der Waals surface area (Å²) in [7, 11) is -3.90. The Morgan fingerprint density at radius 1 is 1.15 bits per heavy atom. The molecule has 34 heavy (non-hydrogen) atoms. The summed E-state index contributed by atoms with van der Waals surface area (Å²) in [6.45, 7) is 0.434. The summed E-state index contributed by atoms with van der Waals surface area (Å²) < 4.78 is 53.2. The largest absolute Gasteiger partial charge is 0.487 e. The van der Waals surface area contributed by atoms with Gasteiger partial charge in [0.05, 0.1) is 24.0 Å². The first-order valence-electron chi connectivity index (χ1n) is 11.4. The molecule has 1 saturated carbocycles. The topological polar surface area (TPSA) is 114 Å². The van der Waals surface area contributed by atoms with Gasteiger partial charge in [0.25, 0.3) is 10.0 Å². The van der Waals surface area contributed by atoms with E-state index in [1.54, 1.807) is 18.2 Å². The second kappa shape index (κ2) is 9.16. The van der Waals surface area contributed by atoms with Crippen LogP contribution in [0.3, 0.4) is 0 Å². The minimum atomic E-state index is -3.90. The van der Waals surface area contributed by atoms with Crippen LogP contribution in [0.15, 0.2) is 47.4 Å². The highest BCUT2D eigenvalue weighted by atomic mass is 32.2. The molecule has 2 heterocycles. The fraction of sp³-hybridized carbons (Fsp3) is 0.458. The van der Waals surface area contributed by atoms with Gasteiger partial charge in [0.2, 0.25) is 5.91 Å². The van der Waals surface area contributed by atoms with Gasteiger partial charge in [-0.05, 0) is 67.6 Å². The van der Waals surface area contributed by atoms with Crippen LogP contribution in [0, 0.1) is 11.7 Å². The van der Waals surface area contributed by atoms with Crippen molar-refractivity contribution in [3.05, 3.63) is 53.8 Å². The molecule has 1 saturated heterocycles. The number of fused-ring (bicyclic) bond motifs is 3. The highest BCUT2D eigenvalue weighted by Crippen LogP contribution is 2.47. The number of sulfonamides is 1. The maximum absolute atomic E-state index is 13.2. The number of hydrogen-bond donors (Lipinski definition) is 3. The van der Waals surface area contributed by atoms with Crippen molar-refractivity contribution in [3.8, 4) is 5.75 Å². The summed E-state index contributed by atoms with van der Waals surface area (Å²) in [6, 6.07) is 9.57. The first-order valence-corrected chi connectivity index (χ1v) is 12.9. The van der Waals surface area contributed by atoms with Gasteiger partial charge in [-0.2, -0.15) is 0 Å². The van der Waals surface area contributed by atoms with Gasteiger partial charge in [-0.1, -0.05) is 0 Å². The fourth-order valence-electron chi connectivity index (χ4n) is 4.64.